The summed E-state index contributed by atoms with van der Waals surface area (Å²) in [6, 6.07) is 5.14. The molecule has 0 amide bonds. The molecule has 1 N–H and O–H groups in total. The van der Waals surface area contributed by atoms with Gasteiger partial charge in [0.2, 0.25) is 5.95 Å². The monoisotopic (exact) mass is 324 g/mol. The van der Waals surface area contributed by atoms with Crippen LogP contribution in [0.15, 0.2) is 36.7 Å². The molecule has 0 aliphatic heterocycles. The van der Waals surface area contributed by atoms with E-state index >= 15 is 0 Å². The summed E-state index contributed by atoms with van der Waals surface area (Å²) in [4.78, 5) is 10.1. The molecule has 0 fully saturated rings. The molecule has 1 aromatic heterocycles. The predicted octanol–water partition coefficient (Wildman–Crippen LogP) is 3.52. The maximum atomic E-state index is 12.9. The van der Waals surface area contributed by atoms with E-state index in [-0.39, 0.29) is 6.04 Å². The molecule has 0 saturated heterocycles. The van der Waals surface area contributed by atoms with Crippen LogP contribution >= 0.6 is 0 Å². The van der Waals surface area contributed by atoms with Gasteiger partial charge in [-0.25, -0.2) is 9.97 Å². The van der Waals surface area contributed by atoms with Crippen molar-refractivity contribution in [2.24, 2.45) is 0 Å². The van der Waals surface area contributed by atoms with Crippen LogP contribution in [0.4, 0.5) is 19.1 Å². The van der Waals surface area contributed by atoms with E-state index in [4.69, 9.17) is 0 Å². The number of halogens is 3. The number of hydrogen-bond donors (Lipinski definition) is 1. The normalized spacial score (nSPS) is 13.2. The van der Waals surface area contributed by atoms with Crippen LogP contribution in [0.25, 0.3) is 0 Å². The number of likely N-dealkylation sites (N-methyl/N-ethyl adjacent to an activating group) is 1. The minimum absolute atomic E-state index is 0.234. The third-order valence-electron chi connectivity index (χ3n) is 3.46. The molecule has 1 aromatic carbocycles. The Morgan fingerprint density at radius 1 is 1.17 bits per heavy atom. The van der Waals surface area contributed by atoms with Gasteiger partial charge < -0.3 is 10.2 Å². The second-order valence-electron chi connectivity index (χ2n) is 5.57. The smallest absolute Gasteiger partial charge is 0.352 e. The van der Waals surface area contributed by atoms with Crippen molar-refractivity contribution in [3.63, 3.8) is 0 Å². The number of aryl methyl sites for hydroxylation is 1. The van der Waals surface area contributed by atoms with Crippen LogP contribution in [0.2, 0.25) is 0 Å². The Hall–Kier alpha value is -2.15. The van der Waals surface area contributed by atoms with Crippen molar-refractivity contribution in [3.8, 4) is 0 Å². The average molecular weight is 324 g/mol. The highest BCUT2D eigenvalue weighted by molar-refractivity contribution is 5.31. The number of alkyl halides is 3. The van der Waals surface area contributed by atoms with Crippen LogP contribution in [-0.2, 0) is 6.18 Å². The van der Waals surface area contributed by atoms with Crippen molar-refractivity contribution >= 4 is 5.95 Å². The van der Waals surface area contributed by atoms with Crippen LogP contribution in [0.3, 0.4) is 0 Å². The topological polar surface area (TPSA) is 41.1 Å². The fraction of sp³-hybridized carbons (Fsp3) is 0.375. The molecule has 0 bridgehead atoms. The van der Waals surface area contributed by atoms with E-state index < -0.39 is 11.7 Å². The van der Waals surface area contributed by atoms with Crippen molar-refractivity contribution in [3.05, 3.63) is 53.3 Å². The van der Waals surface area contributed by atoms with Gasteiger partial charge in [0.1, 0.15) is 0 Å². The zero-order chi connectivity index (χ0) is 17.0. The van der Waals surface area contributed by atoms with Crippen molar-refractivity contribution in [1.29, 1.82) is 0 Å². The molecule has 2 aromatic rings. The van der Waals surface area contributed by atoms with Crippen LogP contribution in [0, 0.1) is 6.92 Å². The third kappa shape index (κ3) is 4.66. The zero-order valence-corrected chi connectivity index (χ0v) is 13.2. The van der Waals surface area contributed by atoms with E-state index in [0.717, 1.165) is 11.6 Å². The third-order valence-corrected chi connectivity index (χ3v) is 3.46. The van der Waals surface area contributed by atoms with Gasteiger partial charge in [0, 0.05) is 18.9 Å². The first-order valence-electron chi connectivity index (χ1n) is 7.13. The second kappa shape index (κ2) is 6.95. The van der Waals surface area contributed by atoms with Gasteiger partial charge >= 0.3 is 6.18 Å². The zero-order valence-electron chi connectivity index (χ0n) is 13.2. The van der Waals surface area contributed by atoms with Gasteiger partial charge in [-0.15, -0.1) is 0 Å². The quantitative estimate of drug-likeness (QED) is 0.914. The van der Waals surface area contributed by atoms with Gasteiger partial charge in [0.25, 0.3) is 0 Å². The molecule has 2 rings (SSSR count). The Morgan fingerprint density at radius 2 is 1.83 bits per heavy atom. The van der Waals surface area contributed by atoms with Crippen molar-refractivity contribution in [2.45, 2.75) is 19.1 Å². The molecule has 1 atom stereocenters. The number of nitrogens with one attached hydrogen (secondary N) is 1. The molecule has 0 spiro atoms. The van der Waals surface area contributed by atoms with Gasteiger partial charge in [0.05, 0.1) is 11.6 Å². The predicted molar refractivity (Wildman–Crippen MR) is 83.1 cm³/mol. The molecular weight excluding hydrogens is 305 g/mol. The van der Waals surface area contributed by atoms with E-state index in [0.29, 0.717) is 18.1 Å². The highest BCUT2D eigenvalue weighted by atomic mass is 19.4. The molecule has 0 saturated carbocycles. The Bertz CT molecular complexity index is 639. The molecule has 1 heterocycles. The van der Waals surface area contributed by atoms with Gasteiger partial charge in [-0.3, -0.25) is 0 Å². The number of rotatable bonds is 5. The van der Waals surface area contributed by atoms with Gasteiger partial charge in [-0.1, -0.05) is 12.1 Å². The lowest BCUT2D eigenvalue weighted by molar-refractivity contribution is -0.137. The average Bonchev–Trinajstić information content (AvgIpc) is 2.48. The summed E-state index contributed by atoms with van der Waals surface area (Å²) in [5.74, 6) is 0.453. The van der Waals surface area contributed by atoms with E-state index in [1.165, 1.54) is 12.1 Å². The maximum Gasteiger partial charge on any atom is 0.416 e. The van der Waals surface area contributed by atoms with E-state index in [2.05, 4.69) is 15.3 Å². The van der Waals surface area contributed by atoms with Crippen LogP contribution in [0.1, 0.15) is 22.7 Å². The van der Waals surface area contributed by atoms with Crippen LogP contribution in [0.5, 0.6) is 0 Å². The van der Waals surface area contributed by atoms with Crippen LogP contribution < -0.4 is 5.32 Å². The Morgan fingerprint density at radius 3 is 2.39 bits per heavy atom. The standard InChI is InChI=1S/C16H19F3N4/c1-11-8-20-15(21-9-11)22-10-14(23(2)3)12-5-4-6-13(7-12)16(17,18)19/h4-9,14H,10H2,1-3H3,(H,20,21,22). The van der Waals surface area contributed by atoms with Crippen molar-refractivity contribution < 1.29 is 13.2 Å². The number of benzene rings is 1. The molecule has 7 heteroatoms. The molecule has 23 heavy (non-hydrogen) atoms. The number of aromatic nitrogens is 2. The van der Waals surface area contributed by atoms with E-state index in [9.17, 15) is 13.2 Å². The molecule has 124 valence electrons. The molecule has 0 aliphatic rings. The fourth-order valence-electron chi connectivity index (χ4n) is 2.19. The van der Waals surface area contributed by atoms with E-state index in [1.807, 2.05) is 25.9 Å². The first kappa shape index (κ1) is 17.2. The second-order valence-corrected chi connectivity index (χ2v) is 5.57. The number of hydrogen-bond acceptors (Lipinski definition) is 4. The van der Waals surface area contributed by atoms with Crippen molar-refractivity contribution in [1.82, 2.24) is 14.9 Å². The van der Waals surface area contributed by atoms with E-state index in [1.54, 1.807) is 18.5 Å². The highest BCUT2D eigenvalue weighted by Gasteiger charge is 2.31. The fourth-order valence-corrected chi connectivity index (χ4v) is 2.19. The largest absolute Gasteiger partial charge is 0.416 e. The Labute approximate surface area is 133 Å². The maximum absolute atomic E-state index is 12.9. The van der Waals surface area contributed by atoms with Gasteiger partial charge in [-0.2, -0.15) is 13.2 Å². The van der Waals surface area contributed by atoms with Crippen molar-refractivity contribution in [2.75, 3.05) is 26.0 Å². The first-order valence-corrected chi connectivity index (χ1v) is 7.13. The van der Waals surface area contributed by atoms with Gasteiger partial charge in [-0.05, 0) is 44.3 Å². The molecular formula is C16H19F3N4. The molecule has 0 radical (unpaired) electrons. The SMILES string of the molecule is Cc1cnc(NCC(c2cccc(C(F)(F)F)c2)N(C)C)nc1. The Balaban J connectivity index is 2.17. The molecule has 4 nitrogen and oxygen atoms in total. The minimum Gasteiger partial charge on any atom is -0.352 e. The molecule has 0 aliphatic carbocycles. The lowest BCUT2D eigenvalue weighted by atomic mass is 10.0. The summed E-state index contributed by atoms with van der Waals surface area (Å²) in [6.45, 7) is 2.28. The molecule has 1 unspecified atom stereocenters. The summed E-state index contributed by atoms with van der Waals surface area (Å²) in [7, 11) is 3.64. The number of anilines is 1. The lowest BCUT2D eigenvalue weighted by Crippen LogP contribution is -2.27. The van der Waals surface area contributed by atoms with Crippen LogP contribution in [-0.4, -0.2) is 35.5 Å². The Kier molecular flexibility index (Phi) is 5.20. The lowest BCUT2D eigenvalue weighted by Gasteiger charge is -2.25. The minimum atomic E-state index is -4.35. The highest BCUT2D eigenvalue weighted by Crippen LogP contribution is 2.31. The summed E-state index contributed by atoms with van der Waals surface area (Å²) in [5.41, 5.74) is 0.885. The number of nitrogens with zero attached hydrogens (tertiary/aromatic N) is 3. The van der Waals surface area contributed by atoms with Gasteiger partial charge in [0.15, 0.2) is 0 Å². The summed E-state index contributed by atoms with van der Waals surface area (Å²) < 4.78 is 38.6. The summed E-state index contributed by atoms with van der Waals surface area (Å²) in [6.07, 6.45) is -0.977. The first-order chi connectivity index (χ1) is 10.8. The summed E-state index contributed by atoms with van der Waals surface area (Å²) >= 11 is 0. The summed E-state index contributed by atoms with van der Waals surface area (Å²) in [5, 5.41) is 3.06.